The molecule has 0 atom stereocenters. The Labute approximate surface area is 150 Å². The van der Waals surface area contributed by atoms with Gasteiger partial charge in [0.15, 0.2) is 0 Å². The summed E-state index contributed by atoms with van der Waals surface area (Å²) in [6, 6.07) is 5.86. The summed E-state index contributed by atoms with van der Waals surface area (Å²) in [5, 5.41) is 3.52. The molecule has 2 amide bonds. The molecule has 130 valence electrons. The Kier molecular flexibility index (Phi) is 4.21. The fourth-order valence-corrected chi connectivity index (χ4v) is 4.93. The van der Waals surface area contributed by atoms with Crippen LogP contribution in [0.5, 0.6) is 5.75 Å². The van der Waals surface area contributed by atoms with Crippen LogP contribution in [0.4, 0.5) is 5.00 Å². The smallest absolute Gasteiger partial charge is 0.251 e. The summed E-state index contributed by atoms with van der Waals surface area (Å²) in [5.41, 5.74) is 9.22. The van der Waals surface area contributed by atoms with Crippen molar-refractivity contribution in [2.75, 3.05) is 11.9 Å². The predicted octanol–water partition coefficient (Wildman–Crippen LogP) is 2.84. The molecule has 1 aromatic heterocycles. The van der Waals surface area contributed by atoms with Crippen molar-refractivity contribution in [1.29, 1.82) is 0 Å². The number of primary amides is 1. The van der Waals surface area contributed by atoms with Gasteiger partial charge in [-0.2, -0.15) is 0 Å². The number of hydrogen-bond donors (Lipinski definition) is 2. The lowest BCUT2D eigenvalue weighted by Crippen LogP contribution is -2.19. The molecule has 2 heterocycles. The van der Waals surface area contributed by atoms with E-state index in [9.17, 15) is 9.59 Å². The van der Waals surface area contributed by atoms with Crippen molar-refractivity contribution in [3.63, 3.8) is 0 Å². The Morgan fingerprint density at radius 2 is 2.04 bits per heavy atom. The SMILES string of the molecule is NC(=O)c1c(NC(=O)Cc2ccc3c(c2)CCO3)sc2c1CCCC2. The summed E-state index contributed by atoms with van der Waals surface area (Å²) in [5.74, 6) is 0.329. The van der Waals surface area contributed by atoms with Crippen LogP contribution in [0, 0.1) is 0 Å². The fraction of sp³-hybridized carbons (Fsp3) is 0.368. The summed E-state index contributed by atoms with van der Waals surface area (Å²) in [6.45, 7) is 0.702. The van der Waals surface area contributed by atoms with Gasteiger partial charge < -0.3 is 15.8 Å². The van der Waals surface area contributed by atoms with Crippen LogP contribution in [0.2, 0.25) is 0 Å². The van der Waals surface area contributed by atoms with E-state index in [4.69, 9.17) is 10.5 Å². The van der Waals surface area contributed by atoms with Crippen molar-refractivity contribution >= 4 is 28.2 Å². The van der Waals surface area contributed by atoms with Crippen molar-refractivity contribution in [3.05, 3.63) is 45.3 Å². The normalized spacial score (nSPS) is 15.2. The summed E-state index contributed by atoms with van der Waals surface area (Å²) in [7, 11) is 0. The third-order valence-electron chi connectivity index (χ3n) is 4.79. The molecule has 1 aromatic carbocycles. The minimum absolute atomic E-state index is 0.125. The van der Waals surface area contributed by atoms with Crippen LogP contribution in [-0.2, 0) is 30.5 Å². The van der Waals surface area contributed by atoms with Crippen molar-refractivity contribution in [2.24, 2.45) is 5.73 Å². The van der Waals surface area contributed by atoms with Gasteiger partial charge in [0.25, 0.3) is 5.91 Å². The van der Waals surface area contributed by atoms with Gasteiger partial charge in [0.2, 0.25) is 5.91 Å². The zero-order chi connectivity index (χ0) is 17.4. The van der Waals surface area contributed by atoms with E-state index in [0.717, 1.165) is 54.5 Å². The van der Waals surface area contributed by atoms with Crippen LogP contribution in [0.3, 0.4) is 0 Å². The Balaban J connectivity index is 1.53. The van der Waals surface area contributed by atoms with E-state index in [1.165, 1.54) is 16.2 Å². The molecule has 1 aliphatic heterocycles. The quantitative estimate of drug-likeness (QED) is 0.884. The van der Waals surface area contributed by atoms with Crippen LogP contribution in [0.1, 0.15) is 44.8 Å². The van der Waals surface area contributed by atoms with Crippen LogP contribution < -0.4 is 15.8 Å². The van der Waals surface area contributed by atoms with Gasteiger partial charge in [0, 0.05) is 11.3 Å². The first-order valence-corrected chi connectivity index (χ1v) is 9.42. The maximum absolute atomic E-state index is 12.5. The van der Waals surface area contributed by atoms with E-state index in [0.29, 0.717) is 17.2 Å². The number of carbonyl (C=O) groups is 2. The Bertz CT molecular complexity index is 857. The van der Waals surface area contributed by atoms with E-state index < -0.39 is 5.91 Å². The van der Waals surface area contributed by atoms with E-state index in [2.05, 4.69) is 5.32 Å². The number of nitrogens with one attached hydrogen (secondary N) is 1. The van der Waals surface area contributed by atoms with Crippen molar-refractivity contribution in [2.45, 2.75) is 38.5 Å². The summed E-state index contributed by atoms with van der Waals surface area (Å²) in [6.07, 6.45) is 5.17. The number of ether oxygens (including phenoxy) is 1. The fourth-order valence-electron chi connectivity index (χ4n) is 3.62. The van der Waals surface area contributed by atoms with Crippen LogP contribution in [0.25, 0.3) is 0 Å². The van der Waals surface area contributed by atoms with Crippen molar-refractivity contribution in [3.8, 4) is 5.75 Å². The molecule has 2 aliphatic rings. The molecule has 4 rings (SSSR count). The maximum atomic E-state index is 12.5. The van der Waals surface area contributed by atoms with E-state index in [1.807, 2.05) is 18.2 Å². The summed E-state index contributed by atoms with van der Waals surface area (Å²) < 4.78 is 5.49. The number of thiophene rings is 1. The molecular formula is C19H20N2O3S. The van der Waals surface area contributed by atoms with Gasteiger partial charge in [0.1, 0.15) is 10.8 Å². The molecule has 6 heteroatoms. The Hall–Kier alpha value is -2.34. The molecular weight excluding hydrogens is 336 g/mol. The highest BCUT2D eigenvalue weighted by Crippen LogP contribution is 2.38. The second kappa shape index (κ2) is 6.52. The third-order valence-corrected chi connectivity index (χ3v) is 6.00. The van der Waals surface area contributed by atoms with Gasteiger partial charge in [-0.05, 0) is 48.4 Å². The van der Waals surface area contributed by atoms with Gasteiger partial charge in [-0.1, -0.05) is 12.1 Å². The zero-order valence-electron chi connectivity index (χ0n) is 13.9. The molecule has 0 fully saturated rings. The average Bonchev–Trinajstić information content (AvgIpc) is 3.17. The van der Waals surface area contributed by atoms with Gasteiger partial charge in [-0.15, -0.1) is 11.3 Å². The lowest BCUT2D eigenvalue weighted by molar-refractivity contribution is -0.115. The third kappa shape index (κ3) is 3.14. The highest BCUT2D eigenvalue weighted by Gasteiger charge is 2.25. The Morgan fingerprint density at radius 3 is 2.88 bits per heavy atom. The number of anilines is 1. The number of fused-ring (bicyclic) bond motifs is 2. The number of rotatable bonds is 4. The van der Waals surface area contributed by atoms with Crippen molar-refractivity contribution in [1.82, 2.24) is 0 Å². The topological polar surface area (TPSA) is 81.4 Å². The number of benzene rings is 1. The van der Waals surface area contributed by atoms with Crippen LogP contribution in [0.15, 0.2) is 18.2 Å². The first-order chi connectivity index (χ1) is 12.1. The van der Waals surface area contributed by atoms with E-state index in [1.54, 1.807) is 0 Å². The molecule has 5 nitrogen and oxygen atoms in total. The highest BCUT2D eigenvalue weighted by molar-refractivity contribution is 7.17. The highest BCUT2D eigenvalue weighted by atomic mass is 32.1. The molecule has 0 unspecified atom stereocenters. The minimum Gasteiger partial charge on any atom is -0.493 e. The number of carbonyl (C=O) groups excluding carboxylic acids is 2. The standard InChI is InChI=1S/C19H20N2O3S/c20-18(23)17-13-3-1-2-4-15(13)25-19(17)21-16(22)10-11-5-6-14-12(9-11)7-8-24-14/h5-6,9H,1-4,7-8,10H2,(H2,20,23)(H,21,22). The van der Waals surface area contributed by atoms with Gasteiger partial charge in [-0.3, -0.25) is 9.59 Å². The molecule has 0 saturated carbocycles. The average molecular weight is 356 g/mol. The predicted molar refractivity (Wildman–Crippen MR) is 97.5 cm³/mol. The first-order valence-electron chi connectivity index (χ1n) is 8.60. The minimum atomic E-state index is -0.454. The zero-order valence-corrected chi connectivity index (χ0v) is 14.7. The second-order valence-corrected chi connectivity index (χ2v) is 7.65. The molecule has 3 N–H and O–H groups in total. The number of hydrogen-bond acceptors (Lipinski definition) is 4. The van der Waals surface area contributed by atoms with Gasteiger partial charge in [0.05, 0.1) is 18.6 Å². The first kappa shape index (κ1) is 16.1. The molecule has 0 bridgehead atoms. The Morgan fingerprint density at radius 1 is 1.20 bits per heavy atom. The largest absolute Gasteiger partial charge is 0.493 e. The monoisotopic (exact) mass is 356 g/mol. The molecule has 0 saturated heterocycles. The molecule has 2 aromatic rings. The van der Waals surface area contributed by atoms with E-state index >= 15 is 0 Å². The van der Waals surface area contributed by atoms with Crippen molar-refractivity contribution < 1.29 is 14.3 Å². The van der Waals surface area contributed by atoms with Gasteiger partial charge >= 0.3 is 0 Å². The summed E-state index contributed by atoms with van der Waals surface area (Å²) in [4.78, 5) is 25.6. The number of aryl methyl sites for hydroxylation is 1. The lowest BCUT2D eigenvalue weighted by Gasteiger charge is -2.11. The molecule has 0 radical (unpaired) electrons. The maximum Gasteiger partial charge on any atom is 0.251 e. The van der Waals surface area contributed by atoms with Crippen LogP contribution >= 0.6 is 11.3 Å². The molecule has 1 aliphatic carbocycles. The lowest BCUT2D eigenvalue weighted by atomic mass is 9.95. The number of amides is 2. The summed E-state index contributed by atoms with van der Waals surface area (Å²) >= 11 is 1.50. The number of nitrogens with two attached hydrogens (primary N) is 1. The molecule has 0 spiro atoms. The second-order valence-electron chi connectivity index (χ2n) is 6.54. The molecule has 25 heavy (non-hydrogen) atoms. The van der Waals surface area contributed by atoms with Gasteiger partial charge in [-0.25, -0.2) is 0 Å². The van der Waals surface area contributed by atoms with E-state index in [-0.39, 0.29) is 12.3 Å². The van der Waals surface area contributed by atoms with Crippen LogP contribution in [-0.4, -0.2) is 18.4 Å².